The maximum Gasteiger partial charge on any atom is 0.478 e. The number of likely N-dealkylation sites (tertiary alicyclic amines) is 1. The summed E-state index contributed by atoms with van der Waals surface area (Å²) in [5, 5.41) is 15.7. The molecule has 2 fully saturated rings. The van der Waals surface area contributed by atoms with E-state index in [0.717, 1.165) is 0 Å². The fourth-order valence-electron chi connectivity index (χ4n) is 5.53. The minimum atomic E-state index is -1.19. The van der Waals surface area contributed by atoms with Gasteiger partial charge in [0.1, 0.15) is 29.6 Å². The van der Waals surface area contributed by atoms with Crippen LogP contribution in [0.5, 0.6) is 0 Å². The van der Waals surface area contributed by atoms with Crippen LogP contribution in [0.3, 0.4) is 0 Å². The summed E-state index contributed by atoms with van der Waals surface area (Å²) >= 11 is 0. The monoisotopic (exact) mass is 604 g/mol. The molecule has 2 unspecified atom stereocenters. The smallest absolute Gasteiger partial charge is 0.444 e. The molecule has 0 aromatic heterocycles. The molecule has 1 aromatic rings. The molecule has 0 spiro atoms. The zero-order valence-electron chi connectivity index (χ0n) is 25.6. The van der Waals surface area contributed by atoms with Crippen molar-refractivity contribution in [2.75, 3.05) is 13.2 Å². The number of benzene rings is 1. The zero-order chi connectivity index (χ0) is 31.7. The van der Waals surface area contributed by atoms with Crippen LogP contribution in [0.2, 0.25) is 0 Å². The first-order chi connectivity index (χ1) is 20.0. The van der Waals surface area contributed by atoms with Crippen molar-refractivity contribution in [2.45, 2.75) is 104 Å². The van der Waals surface area contributed by atoms with Gasteiger partial charge in [-0.3, -0.25) is 14.5 Å². The van der Waals surface area contributed by atoms with E-state index in [1.807, 2.05) is 0 Å². The number of nitrogens with zero attached hydrogens (tertiary/aromatic N) is 2. The van der Waals surface area contributed by atoms with Crippen LogP contribution >= 0.6 is 0 Å². The number of rotatable bonds is 5. The molecule has 3 aliphatic heterocycles. The molecule has 12 nitrogen and oxygen atoms in total. The fraction of sp³-hybridized carbons (Fsp3) is 0.655. The fourth-order valence-corrected chi connectivity index (χ4v) is 5.53. The summed E-state index contributed by atoms with van der Waals surface area (Å²) in [7, 11) is -1.19. The summed E-state index contributed by atoms with van der Waals surface area (Å²) in [5.74, 6) is -2.16. The van der Waals surface area contributed by atoms with Crippen LogP contribution in [-0.4, -0.2) is 88.8 Å². The summed E-state index contributed by atoms with van der Waals surface area (Å²) in [6, 6.07) is 2.53. The van der Waals surface area contributed by atoms with E-state index in [-0.39, 0.29) is 26.1 Å². The second-order valence-corrected chi connectivity index (χ2v) is 13.4. The van der Waals surface area contributed by atoms with Gasteiger partial charge in [-0.05, 0) is 50.7 Å². The van der Waals surface area contributed by atoms with E-state index in [0.29, 0.717) is 30.6 Å². The van der Waals surface area contributed by atoms with Crippen molar-refractivity contribution in [3.63, 3.8) is 0 Å². The minimum absolute atomic E-state index is 0.00850. The van der Waals surface area contributed by atoms with Crippen molar-refractivity contribution in [2.24, 2.45) is 5.41 Å². The van der Waals surface area contributed by atoms with Crippen molar-refractivity contribution in [3.8, 4) is 0 Å². The largest absolute Gasteiger partial charge is 0.478 e. The van der Waals surface area contributed by atoms with Gasteiger partial charge in [0.05, 0.1) is 19.0 Å². The lowest BCUT2D eigenvalue weighted by Crippen LogP contribution is -2.60. The highest BCUT2D eigenvalue weighted by Crippen LogP contribution is 2.30. The lowest BCUT2D eigenvalue weighted by atomic mass is 9.74. The Balaban J connectivity index is 1.52. The third kappa shape index (κ3) is 7.97. The second-order valence-electron chi connectivity index (χ2n) is 13.4. The topological polar surface area (TPSA) is 147 Å². The van der Waals surface area contributed by atoms with Gasteiger partial charge in [0.15, 0.2) is 0 Å². The van der Waals surface area contributed by atoms with Gasteiger partial charge in [-0.2, -0.15) is 0 Å². The number of nitrogens with one attached hydrogen (secondary N) is 2. The Bertz CT molecular complexity index is 1240. The summed E-state index contributed by atoms with van der Waals surface area (Å²) in [4.78, 5) is 56.1. The summed E-state index contributed by atoms with van der Waals surface area (Å²) in [5.41, 5.74) is -0.462. The Labute approximate surface area is 251 Å². The average Bonchev–Trinajstić information content (AvgIpc) is 3.52. The van der Waals surface area contributed by atoms with Gasteiger partial charge in [0.25, 0.3) is 0 Å². The van der Waals surface area contributed by atoms with Gasteiger partial charge >= 0.3 is 19.3 Å². The number of hydrogen-bond acceptors (Lipinski definition) is 8. The predicted molar refractivity (Wildman–Crippen MR) is 154 cm³/mol. The van der Waals surface area contributed by atoms with Crippen molar-refractivity contribution < 1.29 is 42.7 Å². The Hall–Kier alpha value is -3.39. The molecule has 0 radical (unpaired) electrons. The molecule has 2 saturated heterocycles. The van der Waals surface area contributed by atoms with Gasteiger partial charge in [0, 0.05) is 25.1 Å². The van der Waals surface area contributed by atoms with Gasteiger partial charge in [-0.1, -0.05) is 32.9 Å². The lowest BCUT2D eigenvalue weighted by molar-refractivity contribution is -0.142. The molecule has 0 aliphatic carbocycles. The molecule has 3 N–H and O–H groups in total. The molecule has 1 aromatic carbocycles. The van der Waals surface area contributed by atoms with Crippen LogP contribution in [-0.2, 0) is 36.8 Å². The SMILES string of the molecule is CC(C)(C)OC(=O)N[C@H](C(=O)N1C[C@H](OC(=O)N2Cc3cccc(F)c3C2)CC1C(=O)NC1CCCOB1O)C(C)(C)C. The number of carbonyl (C=O) groups excluding carboxylic acids is 4. The van der Waals surface area contributed by atoms with Crippen LogP contribution in [0, 0.1) is 11.2 Å². The minimum Gasteiger partial charge on any atom is -0.444 e. The molecular weight excluding hydrogens is 562 g/mol. The standard InChI is InChI=1S/C29H42BFN4O8/c1-28(2,3)23(33-26(38)43-29(4,5)6)25(37)35-15-18(13-21(35)24(36)32-22-11-8-12-41-30(22)40)42-27(39)34-14-17-9-7-10-20(31)19(17)16-34/h7,9-10,18,21-23,40H,8,11-16H2,1-6H3,(H,32,36)(H,33,38)/t18-,21?,22?,23-/m1/s1. The van der Waals surface area contributed by atoms with Gasteiger partial charge in [-0.15, -0.1) is 0 Å². The van der Waals surface area contributed by atoms with E-state index >= 15 is 0 Å². The van der Waals surface area contributed by atoms with Gasteiger partial charge in [-0.25, -0.2) is 14.0 Å². The van der Waals surface area contributed by atoms with E-state index in [2.05, 4.69) is 10.6 Å². The quantitative estimate of drug-likeness (QED) is 0.435. The maximum atomic E-state index is 14.3. The third-order valence-corrected chi connectivity index (χ3v) is 7.69. The van der Waals surface area contributed by atoms with Crippen LogP contribution in [0.15, 0.2) is 18.2 Å². The molecule has 4 atom stereocenters. The van der Waals surface area contributed by atoms with Crippen LogP contribution < -0.4 is 10.6 Å². The van der Waals surface area contributed by atoms with Crippen molar-refractivity contribution in [1.29, 1.82) is 0 Å². The van der Waals surface area contributed by atoms with E-state index in [1.165, 1.54) is 15.9 Å². The molecule has 3 heterocycles. The first-order valence-electron chi connectivity index (χ1n) is 14.7. The second kappa shape index (κ2) is 12.7. The maximum absolute atomic E-state index is 14.3. The van der Waals surface area contributed by atoms with Gasteiger partial charge < -0.3 is 34.7 Å². The molecule has 0 bridgehead atoms. The summed E-state index contributed by atoms with van der Waals surface area (Å²) in [6.45, 7) is 10.9. The Kier molecular flexibility index (Phi) is 9.60. The number of ether oxygens (including phenoxy) is 2. The van der Waals surface area contributed by atoms with E-state index in [4.69, 9.17) is 14.1 Å². The average molecular weight is 604 g/mol. The molecule has 4 amide bonds. The predicted octanol–water partition coefficient (Wildman–Crippen LogP) is 2.50. The first kappa shape index (κ1) is 32.5. The highest BCUT2D eigenvalue weighted by Gasteiger charge is 2.47. The van der Waals surface area contributed by atoms with Crippen molar-refractivity contribution >= 4 is 31.1 Å². The lowest BCUT2D eigenvalue weighted by Gasteiger charge is -2.36. The van der Waals surface area contributed by atoms with Crippen molar-refractivity contribution in [1.82, 2.24) is 20.4 Å². The number of fused-ring (bicyclic) bond motifs is 1. The van der Waals surface area contributed by atoms with Crippen LogP contribution in [0.25, 0.3) is 0 Å². The summed E-state index contributed by atoms with van der Waals surface area (Å²) < 4.78 is 30.7. The van der Waals surface area contributed by atoms with E-state index in [9.17, 15) is 28.6 Å². The van der Waals surface area contributed by atoms with Crippen LogP contribution in [0.4, 0.5) is 14.0 Å². The molecule has 0 saturated carbocycles. The first-order valence-corrected chi connectivity index (χ1v) is 14.7. The zero-order valence-corrected chi connectivity index (χ0v) is 25.6. The van der Waals surface area contributed by atoms with Crippen LogP contribution in [0.1, 0.15) is 71.9 Å². The number of carbonyl (C=O) groups is 4. The number of alkyl carbamates (subject to hydrolysis) is 1. The normalized spacial score (nSPS) is 23.0. The highest BCUT2D eigenvalue weighted by molar-refractivity contribution is 6.45. The third-order valence-electron chi connectivity index (χ3n) is 7.69. The molecular formula is C29H42BFN4O8. The number of halogens is 1. The molecule has 43 heavy (non-hydrogen) atoms. The Morgan fingerprint density at radius 3 is 2.49 bits per heavy atom. The molecule has 14 heteroatoms. The number of hydrogen-bond donors (Lipinski definition) is 3. The highest BCUT2D eigenvalue weighted by atomic mass is 19.1. The van der Waals surface area contributed by atoms with Crippen molar-refractivity contribution in [3.05, 3.63) is 35.1 Å². The molecule has 3 aliphatic rings. The molecule has 4 rings (SSSR count). The Morgan fingerprint density at radius 2 is 1.86 bits per heavy atom. The van der Waals surface area contributed by atoms with E-state index < -0.39 is 72.1 Å². The Morgan fingerprint density at radius 1 is 1.14 bits per heavy atom. The van der Waals surface area contributed by atoms with E-state index in [1.54, 1.807) is 53.7 Å². The van der Waals surface area contributed by atoms with Gasteiger partial charge in [0.2, 0.25) is 11.8 Å². The molecule has 236 valence electrons. The summed E-state index contributed by atoms with van der Waals surface area (Å²) in [6.07, 6.45) is -1.21. The number of amides is 4.